The van der Waals surface area contributed by atoms with Gasteiger partial charge >= 0.3 is 0 Å². The lowest BCUT2D eigenvalue weighted by molar-refractivity contribution is -0.118. The molecule has 150 valence electrons. The lowest BCUT2D eigenvalue weighted by atomic mass is 10.2. The van der Waals surface area contributed by atoms with Gasteiger partial charge in [0.05, 0.1) is 0 Å². The molecule has 0 atom stereocenters. The predicted octanol–water partition coefficient (Wildman–Crippen LogP) is 4.29. The van der Waals surface area contributed by atoms with E-state index in [1.807, 2.05) is 75.4 Å². The van der Waals surface area contributed by atoms with Crippen molar-refractivity contribution in [3.8, 4) is 5.75 Å². The number of aryl methyl sites for hydroxylation is 2. The number of carbonyl (C=O) groups is 1. The summed E-state index contributed by atoms with van der Waals surface area (Å²) in [4.78, 5) is 20.9. The molecule has 3 N–H and O–H groups in total. The van der Waals surface area contributed by atoms with E-state index in [1.165, 1.54) is 0 Å². The highest BCUT2D eigenvalue weighted by Crippen LogP contribution is 2.19. The van der Waals surface area contributed by atoms with Gasteiger partial charge in [0.2, 0.25) is 5.95 Å². The third-order valence-electron chi connectivity index (χ3n) is 3.99. The number of anilines is 4. The molecule has 1 aromatic heterocycles. The van der Waals surface area contributed by atoms with E-state index in [0.717, 1.165) is 23.5 Å². The lowest BCUT2D eigenvalue weighted by Gasteiger charge is -2.11. The van der Waals surface area contributed by atoms with E-state index in [1.54, 1.807) is 0 Å². The Morgan fingerprint density at radius 1 is 1.00 bits per heavy atom. The fourth-order valence-corrected chi connectivity index (χ4v) is 2.71. The molecule has 0 fully saturated rings. The SMILES string of the molecule is CCNc1nc(C)cc(Nc2ccc(NC(=O)COc3cccc(C)c3)cc2)n1. The van der Waals surface area contributed by atoms with E-state index >= 15 is 0 Å². The van der Waals surface area contributed by atoms with Crippen LogP contribution in [0, 0.1) is 13.8 Å². The molecule has 0 unspecified atom stereocenters. The summed E-state index contributed by atoms with van der Waals surface area (Å²) in [5.41, 5.74) is 3.51. The largest absolute Gasteiger partial charge is 0.484 e. The van der Waals surface area contributed by atoms with Gasteiger partial charge in [-0.3, -0.25) is 4.79 Å². The molecule has 2 aromatic carbocycles. The highest BCUT2D eigenvalue weighted by Gasteiger charge is 2.05. The molecule has 0 saturated heterocycles. The zero-order chi connectivity index (χ0) is 20.6. The van der Waals surface area contributed by atoms with Crippen LogP contribution in [0.3, 0.4) is 0 Å². The van der Waals surface area contributed by atoms with E-state index < -0.39 is 0 Å². The molecule has 7 heteroatoms. The molecule has 0 aliphatic carbocycles. The third-order valence-corrected chi connectivity index (χ3v) is 3.99. The number of hydrogen-bond acceptors (Lipinski definition) is 6. The molecule has 0 radical (unpaired) electrons. The summed E-state index contributed by atoms with van der Waals surface area (Å²) in [7, 11) is 0. The fourth-order valence-electron chi connectivity index (χ4n) is 2.71. The van der Waals surface area contributed by atoms with Crippen molar-refractivity contribution in [3.05, 3.63) is 65.9 Å². The maximum Gasteiger partial charge on any atom is 0.262 e. The molecule has 0 spiro atoms. The number of amides is 1. The monoisotopic (exact) mass is 391 g/mol. The normalized spacial score (nSPS) is 10.3. The van der Waals surface area contributed by atoms with Gasteiger partial charge in [0.1, 0.15) is 11.6 Å². The van der Waals surface area contributed by atoms with Crippen molar-refractivity contribution in [1.82, 2.24) is 9.97 Å². The summed E-state index contributed by atoms with van der Waals surface area (Å²) in [5, 5.41) is 9.18. The number of carbonyl (C=O) groups excluding carboxylic acids is 1. The highest BCUT2D eigenvalue weighted by molar-refractivity contribution is 5.92. The summed E-state index contributed by atoms with van der Waals surface area (Å²) >= 11 is 0. The Morgan fingerprint density at radius 2 is 1.76 bits per heavy atom. The summed E-state index contributed by atoms with van der Waals surface area (Å²) in [6.07, 6.45) is 0. The Balaban J connectivity index is 1.55. The minimum atomic E-state index is -0.214. The molecule has 0 aliphatic rings. The minimum Gasteiger partial charge on any atom is -0.484 e. The smallest absolute Gasteiger partial charge is 0.262 e. The first-order chi connectivity index (χ1) is 14.0. The van der Waals surface area contributed by atoms with Crippen molar-refractivity contribution in [2.24, 2.45) is 0 Å². The van der Waals surface area contributed by atoms with Crippen LogP contribution in [0.5, 0.6) is 5.75 Å². The van der Waals surface area contributed by atoms with Crippen LogP contribution >= 0.6 is 0 Å². The average Bonchev–Trinajstić information content (AvgIpc) is 2.68. The second-order valence-corrected chi connectivity index (χ2v) is 6.60. The highest BCUT2D eigenvalue weighted by atomic mass is 16.5. The molecule has 0 aliphatic heterocycles. The van der Waals surface area contributed by atoms with Gasteiger partial charge in [0.15, 0.2) is 6.61 Å². The number of aromatic nitrogens is 2. The van der Waals surface area contributed by atoms with Crippen LogP contribution in [-0.4, -0.2) is 29.0 Å². The zero-order valence-electron chi connectivity index (χ0n) is 16.8. The van der Waals surface area contributed by atoms with Crippen LogP contribution in [0.1, 0.15) is 18.2 Å². The van der Waals surface area contributed by atoms with E-state index in [2.05, 4.69) is 25.9 Å². The Morgan fingerprint density at radius 3 is 2.48 bits per heavy atom. The van der Waals surface area contributed by atoms with E-state index in [4.69, 9.17) is 4.74 Å². The summed E-state index contributed by atoms with van der Waals surface area (Å²) < 4.78 is 5.52. The van der Waals surface area contributed by atoms with Gasteiger partial charge in [-0.1, -0.05) is 12.1 Å². The summed E-state index contributed by atoms with van der Waals surface area (Å²) in [6.45, 7) is 6.61. The topological polar surface area (TPSA) is 88.2 Å². The maximum absolute atomic E-state index is 12.1. The first-order valence-electron chi connectivity index (χ1n) is 9.48. The molecule has 3 rings (SSSR count). The number of nitrogens with zero attached hydrogens (tertiary/aromatic N) is 2. The van der Waals surface area contributed by atoms with Gasteiger partial charge in [-0.25, -0.2) is 4.98 Å². The average molecular weight is 391 g/mol. The first kappa shape index (κ1) is 20.1. The minimum absolute atomic E-state index is 0.0448. The fraction of sp³-hybridized carbons (Fsp3) is 0.227. The lowest BCUT2D eigenvalue weighted by Crippen LogP contribution is -2.20. The Kier molecular flexibility index (Phi) is 6.63. The standard InChI is InChI=1S/C22H25N5O2/c1-4-23-22-24-16(3)13-20(27-22)25-17-8-10-18(11-9-17)26-21(28)14-29-19-7-5-6-15(2)12-19/h5-13H,4,14H2,1-3H3,(H,26,28)(H2,23,24,25,27). The maximum atomic E-state index is 12.1. The van der Waals surface area contributed by atoms with Gasteiger partial charge in [-0.15, -0.1) is 0 Å². The van der Waals surface area contributed by atoms with Crippen molar-refractivity contribution in [1.29, 1.82) is 0 Å². The Hall–Kier alpha value is -3.61. The molecule has 7 nitrogen and oxygen atoms in total. The third kappa shape index (κ3) is 6.21. The van der Waals surface area contributed by atoms with Crippen LogP contribution in [0.2, 0.25) is 0 Å². The van der Waals surface area contributed by atoms with E-state index in [0.29, 0.717) is 23.2 Å². The number of nitrogens with one attached hydrogen (secondary N) is 3. The van der Waals surface area contributed by atoms with Crippen molar-refractivity contribution in [2.45, 2.75) is 20.8 Å². The van der Waals surface area contributed by atoms with Crippen molar-refractivity contribution < 1.29 is 9.53 Å². The van der Waals surface area contributed by atoms with Gasteiger partial charge < -0.3 is 20.7 Å². The molecule has 29 heavy (non-hydrogen) atoms. The molecule has 1 amide bonds. The molecular formula is C22H25N5O2. The van der Waals surface area contributed by atoms with Crippen LogP contribution in [0.15, 0.2) is 54.6 Å². The van der Waals surface area contributed by atoms with Gasteiger partial charge in [0.25, 0.3) is 5.91 Å². The summed E-state index contributed by atoms with van der Waals surface area (Å²) in [5.74, 6) is 1.76. The van der Waals surface area contributed by atoms with Crippen LogP contribution < -0.4 is 20.7 Å². The number of rotatable bonds is 8. The van der Waals surface area contributed by atoms with Crippen LogP contribution in [0.25, 0.3) is 0 Å². The number of hydrogen-bond donors (Lipinski definition) is 3. The quantitative estimate of drug-likeness (QED) is 0.531. The second kappa shape index (κ2) is 9.54. The molecule has 0 saturated carbocycles. The van der Waals surface area contributed by atoms with Gasteiger partial charge in [-0.05, 0) is 62.7 Å². The van der Waals surface area contributed by atoms with Crippen LogP contribution in [0.4, 0.5) is 23.1 Å². The van der Waals surface area contributed by atoms with Crippen LogP contribution in [-0.2, 0) is 4.79 Å². The van der Waals surface area contributed by atoms with E-state index in [-0.39, 0.29) is 12.5 Å². The summed E-state index contributed by atoms with van der Waals surface area (Å²) in [6, 6.07) is 16.9. The van der Waals surface area contributed by atoms with Crippen molar-refractivity contribution in [2.75, 3.05) is 29.1 Å². The van der Waals surface area contributed by atoms with Gasteiger partial charge in [0, 0.05) is 29.7 Å². The first-order valence-corrected chi connectivity index (χ1v) is 9.48. The molecule has 0 bridgehead atoms. The van der Waals surface area contributed by atoms with Crippen molar-refractivity contribution in [3.63, 3.8) is 0 Å². The molecular weight excluding hydrogens is 366 g/mol. The van der Waals surface area contributed by atoms with Crippen molar-refractivity contribution >= 4 is 29.0 Å². The number of benzene rings is 2. The molecule has 1 heterocycles. The predicted molar refractivity (Wildman–Crippen MR) is 116 cm³/mol. The van der Waals surface area contributed by atoms with Gasteiger partial charge in [-0.2, -0.15) is 4.98 Å². The number of ether oxygens (including phenoxy) is 1. The van der Waals surface area contributed by atoms with E-state index in [9.17, 15) is 4.79 Å². The molecule has 3 aromatic rings. The zero-order valence-corrected chi connectivity index (χ0v) is 16.8. The Labute approximate surface area is 170 Å². The second-order valence-electron chi connectivity index (χ2n) is 6.60. The Bertz CT molecular complexity index is 973.